The highest BCUT2D eigenvalue weighted by Gasteiger charge is 2.37. The van der Waals surface area contributed by atoms with Gasteiger partial charge in [-0.05, 0) is 56.1 Å². The number of hydrogen-bond donors (Lipinski definition) is 1. The van der Waals surface area contributed by atoms with Gasteiger partial charge < -0.3 is 14.7 Å². The van der Waals surface area contributed by atoms with E-state index in [1.165, 1.54) is 11.3 Å². The summed E-state index contributed by atoms with van der Waals surface area (Å²) in [4.78, 5) is 39.8. The molecule has 0 saturated heterocycles. The summed E-state index contributed by atoms with van der Waals surface area (Å²) < 4.78 is 5.17. The molecule has 1 aromatic heterocycles. The van der Waals surface area contributed by atoms with E-state index in [-0.39, 0.29) is 28.7 Å². The number of carbonyl (C=O) groups is 3. The number of Topliss-reactive ketones (excluding diaryl/α,β-unsaturated/α-hetero) is 1. The fourth-order valence-electron chi connectivity index (χ4n) is 4.81. The van der Waals surface area contributed by atoms with Crippen LogP contribution in [-0.2, 0) is 9.59 Å². The Morgan fingerprint density at radius 2 is 1.69 bits per heavy atom. The Kier molecular flexibility index (Phi) is 6.94. The molecule has 170 valence electrons. The largest absolute Gasteiger partial charge is 0.512 e. The maximum atomic E-state index is 13.8. The van der Waals surface area contributed by atoms with E-state index >= 15 is 0 Å². The number of ether oxygens (including phenoxy) is 1. The van der Waals surface area contributed by atoms with Gasteiger partial charge >= 0.3 is 6.16 Å². The fraction of sp³-hybridized carbons (Fsp3) is 0.480. The van der Waals surface area contributed by atoms with E-state index in [4.69, 9.17) is 4.74 Å². The van der Waals surface area contributed by atoms with Crippen LogP contribution in [0.25, 0.3) is 10.4 Å². The first kappa shape index (κ1) is 22.5. The quantitative estimate of drug-likeness (QED) is 0.547. The summed E-state index contributed by atoms with van der Waals surface area (Å²) in [6.07, 6.45) is 4.40. The summed E-state index contributed by atoms with van der Waals surface area (Å²) in [6, 6.07) is 11.4. The number of amides is 1. The second-order valence-corrected chi connectivity index (χ2v) is 9.97. The van der Waals surface area contributed by atoms with Crippen LogP contribution in [0.2, 0.25) is 0 Å². The van der Waals surface area contributed by atoms with Crippen molar-refractivity contribution in [1.82, 2.24) is 0 Å². The van der Waals surface area contributed by atoms with E-state index in [0.717, 1.165) is 36.1 Å². The highest BCUT2D eigenvalue weighted by Crippen LogP contribution is 2.46. The molecule has 1 aromatic carbocycles. The Morgan fingerprint density at radius 3 is 2.31 bits per heavy atom. The Balaban J connectivity index is 1.73. The molecular formula is C25H29NO5S. The van der Waals surface area contributed by atoms with Crippen molar-refractivity contribution in [2.75, 3.05) is 4.90 Å². The predicted octanol–water partition coefficient (Wildman–Crippen LogP) is 6.14. The van der Waals surface area contributed by atoms with Crippen LogP contribution in [0.1, 0.15) is 58.3 Å². The zero-order valence-electron chi connectivity index (χ0n) is 18.3. The average Bonchev–Trinajstić information content (AvgIpc) is 3.19. The van der Waals surface area contributed by atoms with Crippen molar-refractivity contribution < 1.29 is 24.2 Å². The normalized spacial score (nSPS) is 21.8. The Hall–Kier alpha value is -2.67. The third-order valence-electron chi connectivity index (χ3n) is 6.66. The average molecular weight is 456 g/mol. The lowest BCUT2D eigenvalue weighted by atomic mass is 9.81. The number of thiophene rings is 1. The van der Waals surface area contributed by atoms with Crippen LogP contribution in [0, 0.1) is 11.8 Å². The van der Waals surface area contributed by atoms with Crippen LogP contribution >= 0.6 is 11.3 Å². The van der Waals surface area contributed by atoms with Crippen molar-refractivity contribution in [1.29, 1.82) is 0 Å². The van der Waals surface area contributed by atoms with Crippen LogP contribution in [0.3, 0.4) is 0 Å². The number of nitrogens with zero attached hydrogens (tertiary/aromatic N) is 1. The number of carbonyl (C=O) groups excluding carboxylic acids is 2. The molecule has 1 N–H and O–H groups in total. The van der Waals surface area contributed by atoms with Crippen LogP contribution < -0.4 is 9.64 Å². The van der Waals surface area contributed by atoms with Crippen molar-refractivity contribution in [3.63, 3.8) is 0 Å². The molecule has 6 nitrogen and oxygen atoms in total. The van der Waals surface area contributed by atoms with Crippen molar-refractivity contribution in [3.05, 3.63) is 36.4 Å². The molecule has 2 aliphatic carbocycles. The first-order valence-electron chi connectivity index (χ1n) is 11.4. The molecule has 0 spiro atoms. The summed E-state index contributed by atoms with van der Waals surface area (Å²) in [5.41, 5.74) is 1.45. The summed E-state index contributed by atoms with van der Waals surface area (Å²) in [5, 5.41) is 9.56. The molecule has 2 fully saturated rings. The van der Waals surface area contributed by atoms with Crippen LogP contribution in [0.15, 0.2) is 36.4 Å². The monoisotopic (exact) mass is 455 g/mol. The molecule has 2 aliphatic rings. The first-order chi connectivity index (χ1) is 15.4. The molecule has 0 aliphatic heterocycles. The van der Waals surface area contributed by atoms with E-state index in [0.29, 0.717) is 37.3 Å². The smallest absolute Gasteiger partial charge is 0.449 e. The second-order valence-electron chi connectivity index (χ2n) is 8.95. The van der Waals surface area contributed by atoms with Gasteiger partial charge in [-0.1, -0.05) is 48.6 Å². The Morgan fingerprint density at radius 1 is 1.03 bits per heavy atom. The Bertz CT molecular complexity index is 967. The van der Waals surface area contributed by atoms with Crippen LogP contribution in [0.5, 0.6) is 5.06 Å². The number of benzene rings is 1. The van der Waals surface area contributed by atoms with Gasteiger partial charge in [0.25, 0.3) is 0 Å². The van der Waals surface area contributed by atoms with E-state index in [1.807, 2.05) is 36.4 Å². The molecule has 1 amide bonds. The number of rotatable bonds is 5. The van der Waals surface area contributed by atoms with Crippen LogP contribution in [-0.4, -0.2) is 29.0 Å². The van der Waals surface area contributed by atoms with Crippen molar-refractivity contribution in [3.8, 4) is 15.5 Å². The highest BCUT2D eigenvalue weighted by molar-refractivity contribution is 7.18. The molecule has 0 radical (unpaired) electrons. The molecule has 7 heteroatoms. The molecule has 32 heavy (non-hydrogen) atoms. The van der Waals surface area contributed by atoms with E-state index < -0.39 is 6.16 Å². The first-order valence-corrected chi connectivity index (χ1v) is 12.2. The number of hydrogen-bond acceptors (Lipinski definition) is 5. The van der Waals surface area contributed by atoms with Gasteiger partial charge in [0, 0.05) is 29.7 Å². The van der Waals surface area contributed by atoms with Crippen molar-refractivity contribution in [2.45, 2.75) is 64.3 Å². The van der Waals surface area contributed by atoms with E-state index in [9.17, 15) is 19.5 Å². The molecule has 1 heterocycles. The van der Waals surface area contributed by atoms with Gasteiger partial charge in [-0.15, -0.1) is 0 Å². The van der Waals surface area contributed by atoms with Gasteiger partial charge in [0.05, 0.1) is 5.69 Å². The molecule has 0 unspecified atom stereocenters. The summed E-state index contributed by atoms with van der Waals surface area (Å²) in [6.45, 7) is 2.22. The van der Waals surface area contributed by atoms with Gasteiger partial charge in [-0.3, -0.25) is 9.59 Å². The topological polar surface area (TPSA) is 83.9 Å². The van der Waals surface area contributed by atoms with Gasteiger partial charge in [0.2, 0.25) is 11.0 Å². The van der Waals surface area contributed by atoms with Gasteiger partial charge in [-0.25, -0.2) is 4.79 Å². The minimum absolute atomic E-state index is 0.0314. The SMILES string of the molecule is CC1CCC(C(=O)N(c2cc(-c3ccccc3)sc2OC(=O)O)C2CCC(=O)CC2)CC1. The minimum atomic E-state index is -1.40. The molecule has 2 aromatic rings. The molecule has 0 atom stereocenters. The molecule has 4 rings (SSSR count). The predicted molar refractivity (Wildman–Crippen MR) is 124 cm³/mol. The maximum absolute atomic E-state index is 13.8. The van der Waals surface area contributed by atoms with E-state index in [1.54, 1.807) is 4.90 Å². The van der Waals surface area contributed by atoms with Crippen LogP contribution in [0.4, 0.5) is 10.5 Å². The number of anilines is 1. The third-order valence-corrected chi connectivity index (χ3v) is 7.71. The number of carboxylic acid groups (broad SMARTS) is 1. The van der Waals surface area contributed by atoms with Gasteiger partial charge in [0.1, 0.15) is 5.78 Å². The van der Waals surface area contributed by atoms with E-state index in [2.05, 4.69) is 6.92 Å². The summed E-state index contributed by atoms with van der Waals surface area (Å²) in [7, 11) is 0. The third kappa shape index (κ3) is 5.04. The fourth-order valence-corrected chi connectivity index (χ4v) is 5.81. The standard InChI is InChI=1S/C25H29NO5S/c1-16-7-9-18(10-8-16)23(28)26(19-11-13-20(27)14-12-19)21-15-22(17-5-3-2-4-6-17)32-24(21)31-25(29)30/h2-6,15-16,18-19H,7-14H2,1H3,(H,29,30). The van der Waals surface area contributed by atoms with Gasteiger partial charge in [0.15, 0.2) is 0 Å². The molecular weight excluding hydrogens is 426 g/mol. The van der Waals surface area contributed by atoms with Crippen molar-refractivity contribution in [2.24, 2.45) is 11.8 Å². The second kappa shape index (κ2) is 9.86. The summed E-state index contributed by atoms with van der Waals surface area (Å²) in [5.74, 6) is 0.791. The van der Waals surface area contributed by atoms with Gasteiger partial charge in [-0.2, -0.15) is 0 Å². The molecule has 0 bridgehead atoms. The highest BCUT2D eigenvalue weighted by atomic mass is 32.1. The maximum Gasteiger partial charge on any atom is 0.512 e. The Labute approximate surface area is 192 Å². The van der Waals surface area contributed by atoms with Crippen molar-refractivity contribution >= 4 is 34.9 Å². The molecule has 2 saturated carbocycles. The lowest BCUT2D eigenvalue weighted by molar-refractivity contribution is -0.125. The summed E-state index contributed by atoms with van der Waals surface area (Å²) >= 11 is 1.23. The lowest BCUT2D eigenvalue weighted by Gasteiger charge is -2.37. The zero-order valence-corrected chi connectivity index (χ0v) is 19.1. The minimum Gasteiger partial charge on any atom is -0.449 e. The lowest BCUT2D eigenvalue weighted by Crippen LogP contribution is -2.46. The zero-order chi connectivity index (χ0) is 22.7. The number of ketones is 1.